The zero-order chi connectivity index (χ0) is 11.7. The van der Waals surface area contributed by atoms with Crippen LogP contribution in [0, 0.1) is 5.41 Å². The smallest absolute Gasteiger partial charge is 0.235 e. The van der Waals surface area contributed by atoms with Gasteiger partial charge in [-0.05, 0) is 20.8 Å². The molecule has 0 bridgehead atoms. The lowest BCUT2D eigenvalue weighted by Gasteiger charge is -2.37. The summed E-state index contributed by atoms with van der Waals surface area (Å²) >= 11 is 0. The van der Waals surface area contributed by atoms with E-state index in [0.29, 0.717) is 0 Å². The SMILES string of the molecule is CC(=O)N(C(=O)C(C)(C)C)C(C)(C)C. The molecule has 0 radical (unpaired) electrons. The van der Waals surface area contributed by atoms with E-state index in [-0.39, 0.29) is 11.8 Å². The molecule has 0 fully saturated rings. The normalized spacial score (nSPS) is 12.5. The second kappa shape index (κ2) is 3.71. The highest BCUT2D eigenvalue weighted by atomic mass is 16.2. The summed E-state index contributed by atoms with van der Waals surface area (Å²) in [5, 5.41) is 0. The summed E-state index contributed by atoms with van der Waals surface area (Å²) in [6.07, 6.45) is 0. The van der Waals surface area contributed by atoms with Crippen molar-refractivity contribution < 1.29 is 9.59 Å². The van der Waals surface area contributed by atoms with Crippen LogP contribution in [0.25, 0.3) is 0 Å². The summed E-state index contributed by atoms with van der Waals surface area (Å²) in [5.41, 5.74) is -0.963. The molecule has 82 valence electrons. The topological polar surface area (TPSA) is 37.4 Å². The van der Waals surface area contributed by atoms with Gasteiger partial charge in [-0.3, -0.25) is 14.5 Å². The molecule has 0 aromatic heterocycles. The molecule has 0 aliphatic heterocycles. The molecular formula is C11H21NO2. The molecule has 0 spiro atoms. The van der Waals surface area contributed by atoms with Crippen molar-refractivity contribution in [2.24, 2.45) is 5.41 Å². The average Bonchev–Trinajstić information content (AvgIpc) is 1.79. The molecule has 0 unspecified atom stereocenters. The van der Waals surface area contributed by atoms with E-state index in [2.05, 4.69) is 0 Å². The fourth-order valence-electron chi connectivity index (χ4n) is 1.26. The van der Waals surface area contributed by atoms with Crippen molar-refractivity contribution in [3.8, 4) is 0 Å². The maximum atomic E-state index is 12.0. The van der Waals surface area contributed by atoms with Crippen molar-refractivity contribution in [2.75, 3.05) is 0 Å². The van der Waals surface area contributed by atoms with Crippen molar-refractivity contribution >= 4 is 11.8 Å². The number of rotatable bonds is 0. The number of hydrogen-bond acceptors (Lipinski definition) is 2. The molecule has 2 amide bonds. The Morgan fingerprint density at radius 1 is 0.929 bits per heavy atom. The van der Waals surface area contributed by atoms with Crippen LogP contribution in [0.1, 0.15) is 48.5 Å². The predicted octanol–water partition coefficient (Wildman–Crippen LogP) is 2.21. The highest BCUT2D eigenvalue weighted by Crippen LogP contribution is 2.23. The molecule has 3 heteroatoms. The summed E-state index contributed by atoms with van der Waals surface area (Å²) in [5.74, 6) is -0.324. The lowest BCUT2D eigenvalue weighted by atomic mass is 9.92. The number of hydrogen-bond donors (Lipinski definition) is 0. The van der Waals surface area contributed by atoms with E-state index in [1.807, 2.05) is 41.5 Å². The molecule has 0 atom stereocenters. The second-order valence-corrected chi connectivity index (χ2v) is 5.58. The van der Waals surface area contributed by atoms with Gasteiger partial charge in [0.2, 0.25) is 11.8 Å². The van der Waals surface area contributed by atoms with Crippen molar-refractivity contribution in [3.63, 3.8) is 0 Å². The molecule has 14 heavy (non-hydrogen) atoms. The van der Waals surface area contributed by atoms with E-state index in [1.165, 1.54) is 11.8 Å². The van der Waals surface area contributed by atoms with E-state index >= 15 is 0 Å². The monoisotopic (exact) mass is 199 g/mol. The highest BCUT2D eigenvalue weighted by Gasteiger charge is 2.36. The Balaban J connectivity index is 5.07. The van der Waals surface area contributed by atoms with Gasteiger partial charge in [-0.2, -0.15) is 0 Å². The maximum Gasteiger partial charge on any atom is 0.235 e. The number of imide groups is 1. The van der Waals surface area contributed by atoms with Gasteiger partial charge in [-0.1, -0.05) is 20.8 Å². The molecule has 0 aromatic carbocycles. The van der Waals surface area contributed by atoms with Crippen LogP contribution in [0.4, 0.5) is 0 Å². The van der Waals surface area contributed by atoms with Gasteiger partial charge in [0, 0.05) is 17.9 Å². The molecule has 0 rings (SSSR count). The first-order valence-electron chi connectivity index (χ1n) is 4.83. The Hall–Kier alpha value is -0.860. The van der Waals surface area contributed by atoms with Gasteiger partial charge in [-0.15, -0.1) is 0 Å². The van der Waals surface area contributed by atoms with Crippen molar-refractivity contribution in [2.45, 2.75) is 54.0 Å². The Labute approximate surface area is 86.5 Å². The molecule has 0 heterocycles. The van der Waals surface area contributed by atoms with Gasteiger partial charge in [0.25, 0.3) is 0 Å². The Kier molecular flexibility index (Phi) is 3.49. The predicted molar refractivity (Wildman–Crippen MR) is 56.7 cm³/mol. The van der Waals surface area contributed by atoms with Gasteiger partial charge >= 0.3 is 0 Å². The largest absolute Gasteiger partial charge is 0.277 e. The molecular weight excluding hydrogens is 178 g/mol. The van der Waals surface area contributed by atoms with Crippen LogP contribution >= 0.6 is 0 Å². The van der Waals surface area contributed by atoms with Crippen LogP contribution in [0.2, 0.25) is 0 Å². The van der Waals surface area contributed by atoms with Gasteiger partial charge in [-0.25, -0.2) is 0 Å². The fraction of sp³-hybridized carbons (Fsp3) is 0.818. The average molecular weight is 199 g/mol. The number of carbonyl (C=O) groups excluding carboxylic acids is 2. The third kappa shape index (κ3) is 3.13. The lowest BCUT2D eigenvalue weighted by molar-refractivity contribution is -0.154. The van der Waals surface area contributed by atoms with Crippen LogP contribution in [0.15, 0.2) is 0 Å². The minimum Gasteiger partial charge on any atom is -0.277 e. The fourth-order valence-corrected chi connectivity index (χ4v) is 1.26. The summed E-state index contributed by atoms with van der Waals surface area (Å²) < 4.78 is 0. The maximum absolute atomic E-state index is 12.0. The molecule has 0 aromatic rings. The highest BCUT2D eigenvalue weighted by molar-refractivity contribution is 5.97. The van der Waals surface area contributed by atoms with Crippen molar-refractivity contribution in [1.82, 2.24) is 4.90 Å². The minimum absolute atomic E-state index is 0.127. The van der Waals surface area contributed by atoms with E-state index in [0.717, 1.165) is 0 Å². The van der Waals surface area contributed by atoms with E-state index in [1.54, 1.807) is 0 Å². The standard InChI is InChI=1S/C11H21NO2/c1-8(13)12(11(5,6)7)9(14)10(2,3)4/h1-7H3. The summed E-state index contributed by atoms with van der Waals surface area (Å²) in [6.45, 7) is 12.5. The Morgan fingerprint density at radius 2 is 1.29 bits per heavy atom. The van der Waals surface area contributed by atoms with Crippen molar-refractivity contribution in [1.29, 1.82) is 0 Å². The molecule has 0 aliphatic rings. The molecule has 0 saturated carbocycles. The Morgan fingerprint density at radius 3 is 1.36 bits per heavy atom. The van der Waals surface area contributed by atoms with Gasteiger partial charge in [0.1, 0.15) is 0 Å². The first kappa shape index (κ1) is 13.1. The lowest BCUT2D eigenvalue weighted by Crippen LogP contribution is -2.52. The third-order valence-corrected chi connectivity index (χ3v) is 1.83. The van der Waals surface area contributed by atoms with Gasteiger partial charge in [0.15, 0.2) is 0 Å². The number of amides is 2. The second-order valence-electron chi connectivity index (χ2n) is 5.58. The van der Waals surface area contributed by atoms with E-state index in [9.17, 15) is 9.59 Å². The van der Waals surface area contributed by atoms with Crippen molar-refractivity contribution in [3.05, 3.63) is 0 Å². The molecule has 3 nitrogen and oxygen atoms in total. The summed E-state index contributed by atoms with van der Waals surface area (Å²) in [4.78, 5) is 24.7. The Bertz CT molecular complexity index is 243. The first-order valence-corrected chi connectivity index (χ1v) is 4.83. The van der Waals surface area contributed by atoms with Crippen LogP contribution in [0.3, 0.4) is 0 Å². The zero-order valence-electron chi connectivity index (χ0n) is 10.3. The van der Waals surface area contributed by atoms with Gasteiger partial charge in [0.05, 0.1) is 0 Å². The molecule has 0 N–H and O–H groups in total. The third-order valence-electron chi connectivity index (χ3n) is 1.83. The van der Waals surface area contributed by atoms with E-state index in [4.69, 9.17) is 0 Å². The minimum atomic E-state index is -0.515. The van der Waals surface area contributed by atoms with Crippen LogP contribution in [-0.4, -0.2) is 22.3 Å². The van der Waals surface area contributed by atoms with Crippen LogP contribution in [0.5, 0.6) is 0 Å². The number of carbonyl (C=O) groups is 2. The summed E-state index contributed by atoms with van der Waals surface area (Å²) in [6, 6.07) is 0. The van der Waals surface area contributed by atoms with Gasteiger partial charge < -0.3 is 0 Å². The van der Waals surface area contributed by atoms with Crippen LogP contribution in [-0.2, 0) is 9.59 Å². The molecule has 0 saturated heterocycles. The van der Waals surface area contributed by atoms with Crippen LogP contribution < -0.4 is 0 Å². The zero-order valence-corrected chi connectivity index (χ0v) is 10.3. The number of nitrogens with zero attached hydrogens (tertiary/aromatic N) is 1. The van der Waals surface area contributed by atoms with E-state index < -0.39 is 11.0 Å². The quantitative estimate of drug-likeness (QED) is 0.600. The summed E-state index contributed by atoms with van der Waals surface area (Å²) in [7, 11) is 0. The molecule has 0 aliphatic carbocycles. The first-order chi connectivity index (χ1) is 5.98.